The number of benzene rings is 1. The summed E-state index contributed by atoms with van der Waals surface area (Å²) in [6.45, 7) is 0. The highest BCUT2D eigenvalue weighted by atomic mass is 32.1. The van der Waals surface area contributed by atoms with Crippen molar-refractivity contribution in [1.82, 2.24) is 29.7 Å². The first-order valence-corrected chi connectivity index (χ1v) is 7.05. The van der Waals surface area contributed by atoms with Gasteiger partial charge in [0.2, 0.25) is 11.4 Å². The lowest BCUT2D eigenvalue weighted by Gasteiger charge is -1.94. The van der Waals surface area contributed by atoms with Crippen LogP contribution in [0.5, 0.6) is 0 Å². The van der Waals surface area contributed by atoms with Gasteiger partial charge in [-0.15, -0.1) is 10.2 Å². The van der Waals surface area contributed by atoms with Gasteiger partial charge >= 0.3 is 11.9 Å². The Bertz CT molecular complexity index is 1050. The van der Waals surface area contributed by atoms with E-state index in [2.05, 4.69) is 20.6 Å². The van der Waals surface area contributed by atoms with Crippen LogP contribution in [0.1, 0.15) is 21.0 Å². The molecule has 0 fully saturated rings. The highest BCUT2D eigenvalue weighted by Crippen LogP contribution is 2.25. The predicted octanol–water partition coefficient (Wildman–Crippen LogP) is 0.945. The maximum atomic E-state index is 11.3. The molecule has 11 heteroatoms. The summed E-state index contributed by atoms with van der Waals surface area (Å²) in [5.74, 6) is -2.51. The lowest BCUT2D eigenvalue weighted by Crippen LogP contribution is -1.97. The molecule has 0 aliphatic rings. The smallest absolute Gasteiger partial charge is 0.359 e. The molecule has 0 radical (unpaired) electrons. The van der Waals surface area contributed by atoms with Crippen LogP contribution in [0, 0.1) is 0 Å². The first kappa shape index (κ1) is 13.3. The summed E-state index contributed by atoms with van der Waals surface area (Å²) >= 11 is 0.897. The lowest BCUT2D eigenvalue weighted by atomic mass is 10.3. The molecule has 0 bridgehead atoms. The zero-order valence-corrected chi connectivity index (χ0v) is 11.9. The Labute approximate surface area is 129 Å². The number of hydrogen-bond donors (Lipinski definition) is 2. The van der Waals surface area contributed by atoms with Crippen LogP contribution in [0.25, 0.3) is 20.7 Å². The maximum Gasteiger partial charge on any atom is 0.359 e. The van der Waals surface area contributed by atoms with Crippen molar-refractivity contribution in [2.45, 2.75) is 0 Å². The summed E-state index contributed by atoms with van der Waals surface area (Å²) in [5.41, 5.74) is 0.512. The molecule has 0 amide bonds. The molecule has 3 heterocycles. The molecule has 10 nitrogen and oxygen atoms in total. The lowest BCUT2D eigenvalue weighted by molar-refractivity contribution is 0.0682. The Morgan fingerprint density at radius 1 is 0.870 bits per heavy atom. The second kappa shape index (κ2) is 4.58. The predicted molar refractivity (Wildman–Crippen MR) is 77.6 cm³/mol. The molecule has 3 aromatic heterocycles. The molecule has 0 unspecified atom stereocenters. The summed E-state index contributed by atoms with van der Waals surface area (Å²) in [7, 11) is 0. The zero-order valence-electron chi connectivity index (χ0n) is 11.1. The Morgan fingerprint density at radius 2 is 1.30 bits per heavy atom. The van der Waals surface area contributed by atoms with Crippen molar-refractivity contribution in [2.75, 3.05) is 0 Å². The Morgan fingerprint density at radius 3 is 1.70 bits per heavy atom. The van der Waals surface area contributed by atoms with Gasteiger partial charge in [0.1, 0.15) is 0 Å². The SMILES string of the molecule is O=C(O)c1nnn2c1sc1c(C(=O)O)nnn1c1ccccc12. The van der Waals surface area contributed by atoms with E-state index in [1.165, 1.54) is 9.03 Å². The molecule has 0 atom stereocenters. The van der Waals surface area contributed by atoms with Crippen LogP contribution in [-0.4, -0.2) is 51.8 Å². The van der Waals surface area contributed by atoms with E-state index in [0.29, 0.717) is 11.0 Å². The maximum absolute atomic E-state index is 11.3. The van der Waals surface area contributed by atoms with Gasteiger partial charge in [0.05, 0.1) is 11.0 Å². The van der Waals surface area contributed by atoms with Crippen LogP contribution in [0.15, 0.2) is 24.3 Å². The van der Waals surface area contributed by atoms with E-state index in [1.54, 1.807) is 24.3 Å². The molecule has 0 spiro atoms. The van der Waals surface area contributed by atoms with Gasteiger partial charge in [0, 0.05) is 0 Å². The van der Waals surface area contributed by atoms with Crippen LogP contribution in [0.4, 0.5) is 0 Å². The molecule has 23 heavy (non-hydrogen) atoms. The molecule has 0 saturated heterocycles. The molecule has 4 rings (SSSR count). The minimum absolute atomic E-state index is 0.188. The summed E-state index contributed by atoms with van der Waals surface area (Å²) in [4.78, 5) is 23.1. The Balaban J connectivity index is 2.36. The van der Waals surface area contributed by atoms with E-state index in [9.17, 15) is 19.8 Å². The van der Waals surface area contributed by atoms with Crippen molar-refractivity contribution in [3.63, 3.8) is 0 Å². The minimum Gasteiger partial charge on any atom is -0.476 e. The fourth-order valence-corrected chi connectivity index (χ4v) is 3.30. The van der Waals surface area contributed by atoms with Crippen molar-refractivity contribution in [1.29, 1.82) is 0 Å². The summed E-state index contributed by atoms with van der Waals surface area (Å²) in [5, 5.41) is 33.6. The van der Waals surface area contributed by atoms with E-state index in [-0.39, 0.29) is 21.0 Å². The largest absolute Gasteiger partial charge is 0.476 e. The molecule has 114 valence electrons. The number of para-hydroxylation sites is 2. The number of hydrogen-bond acceptors (Lipinski definition) is 7. The van der Waals surface area contributed by atoms with Gasteiger partial charge in [-0.05, 0) is 12.1 Å². The Kier molecular flexibility index (Phi) is 2.65. The van der Waals surface area contributed by atoms with Crippen molar-refractivity contribution in [3.05, 3.63) is 35.7 Å². The number of carboxylic acid groups (broad SMARTS) is 2. The first-order valence-electron chi connectivity index (χ1n) is 6.23. The van der Waals surface area contributed by atoms with Gasteiger partial charge in [-0.2, -0.15) is 0 Å². The van der Waals surface area contributed by atoms with E-state index in [0.717, 1.165) is 11.3 Å². The van der Waals surface area contributed by atoms with Crippen LogP contribution >= 0.6 is 11.3 Å². The molecule has 0 aliphatic heterocycles. The number of carbonyl (C=O) groups is 2. The fourth-order valence-electron chi connectivity index (χ4n) is 2.23. The second-order valence-electron chi connectivity index (χ2n) is 4.51. The molecule has 4 aromatic rings. The van der Waals surface area contributed by atoms with Gasteiger partial charge in [0.25, 0.3) is 0 Å². The van der Waals surface area contributed by atoms with Crippen LogP contribution in [0.3, 0.4) is 0 Å². The van der Waals surface area contributed by atoms with Crippen molar-refractivity contribution < 1.29 is 19.8 Å². The van der Waals surface area contributed by atoms with Gasteiger partial charge in [-0.1, -0.05) is 33.9 Å². The summed E-state index contributed by atoms with van der Waals surface area (Å²) in [6, 6.07) is 6.90. The summed E-state index contributed by atoms with van der Waals surface area (Å²) in [6.07, 6.45) is 0. The van der Waals surface area contributed by atoms with Crippen LogP contribution in [-0.2, 0) is 0 Å². The average molecular weight is 330 g/mol. The van der Waals surface area contributed by atoms with Gasteiger partial charge in [0.15, 0.2) is 9.66 Å². The number of rotatable bonds is 2. The van der Waals surface area contributed by atoms with E-state index < -0.39 is 11.9 Å². The average Bonchev–Trinajstić information content (AvgIpc) is 3.09. The van der Waals surface area contributed by atoms with Crippen LogP contribution < -0.4 is 0 Å². The molecule has 2 N–H and O–H groups in total. The highest BCUT2D eigenvalue weighted by molar-refractivity contribution is 7.22. The first-order chi connectivity index (χ1) is 11.1. The van der Waals surface area contributed by atoms with Gasteiger partial charge in [-0.3, -0.25) is 0 Å². The quantitative estimate of drug-likeness (QED) is 0.554. The van der Waals surface area contributed by atoms with Crippen molar-refractivity contribution in [3.8, 4) is 0 Å². The van der Waals surface area contributed by atoms with Gasteiger partial charge in [-0.25, -0.2) is 18.6 Å². The fraction of sp³-hybridized carbons (Fsp3) is 0. The Hall–Kier alpha value is -3.34. The molecule has 1 aromatic carbocycles. The normalized spacial score (nSPS) is 11.3. The third-order valence-electron chi connectivity index (χ3n) is 3.19. The molecular formula is C12H6N6O4S. The monoisotopic (exact) mass is 330 g/mol. The molecule has 0 aliphatic carbocycles. The number of aromatic carboxylic acids is 2. The highest BCUT2D eigenvalue weighted by Gasteiger charge is 2.21. The van der Waals surface area contributed by atoms with Crippen molar-refractivity contribution in [2.24, 2.45) is 0 Å². The number of carboxylic acids is 2. The molecule has 0 saturated carbocycles. The number of aromatic nitrogens is 6. The topological polar surface area (TPSA) is 135 Å². The molecular weight excluding hydrogens is 324 g/mol. The minimum atomic E-state index is -1.26. The van der Waals surface area contributed by atoms with E-state index >= 15 is 0 Å². The van der Waals surface area contributed by atoms with Crippen molar-refractivity contribution >= 4 is 44.0 Å². The van der Waals surface area contributed by atoms with Crippen LogP contribution in [0.2, 0.25) is 0 Å². The number of fused-ring (bicyclic) bond motifs is 5. The third kappa shape index (κ3) is 1.80. The van der Waals surface area contributed by atoms with E-state index in [1.807, 2.05) is 0 Å². The van der Waals surface area contributed by atoms with Gasteiger partial charge < -0.3 is 10.2 Å². The standard InChI is InChI=1S/C12H6N6O4S/c19-11(20)7-9-17(15-13-7)5-3-1-2-4-6(5)18-10(23-9)8(12(21)22)14-16-18/h1-4H,(H,19,20)(H,21,22). The second-order valence-corrected chi connectivity index (χ2v) is 5.49. The third-order valence-corrected chi connectivity index (χ3v) is 4.31. The van der Waals surface area contributed by atoms with E-state index in [4.69, 9.17) is 0 Å². The zero-order chi connectivity index (χ0) is 16.1. The summed E-state index contributed by atoms with van der Waals surface area (Å²) < 4.78 is 2.70. The number of nitrogens with zero attached hydrogens (tertiary/aromatic N) is 6.